The summed E-state index contributed by atoms with van der Waals surface area (Å²) in [5, 5.41) is 13.2. The molecule has 1 heterocycles. The lowest BCUT2D eigenvalue weighted by Gasteiger charge is -2.40. The minimum Gasteiger partial charge on any atom is -0.480 e. The summed E-state index contributed by atoms with van der Waals surface area (Å²) in [5.74, 6) is -0.759. The van der Waals surface area contributed by atoms with Gasteiger partial charge in [0.05, 0.1) is 0 Å². The van der Waals surface area contributed by atoms with Gasteiger partial charge in [0.25, 0.3) is 0 Å². The Kier molecular flexibility index (Phi) is 5.09. The number of carboxylic acid groups (broad SMARTS) is 1. The highest BCUT2D eigenvalue weighted by molar-refractivity contribution is 5.83. The highest BCUT2D eigenvalue weighted by atomic mass is 16.4. The molecule has 0 amide bonds. The average Bonchev–Trinajstić information content (AvgIpc) is 2.61. The Labute approximate surface area is 149 Å². The molecule has 0 unspecified atom stereocenters. The number of hydrogen-bond acceptors (Lipinski definition) is 3. The number of aliphatic carboxylic acids is 1. The zero-order chi connectivity index (χ0) is 17.9. The number of aryl methyl sites for hydroxylation is 2. The standard InChI is InChI=1S/C21H26N2O2/c1-16-8-9-19(14-17(16)2)22-21(20(24)25)10-12-23(13-11-21)15-18-6-4-3-5-7-18/h3-9,14,22H,10-13,15H2,1-2H3,(H,24,25). The van der Waals surface area contributed by atoms with Crippen molar-refractivity contribution in [2.45, 2.75) is 38.8 Å². The predicted octanol–water partition coefficient (Wildman–Crippen LogP) is 3.83. The van der Waals surface area contributed by atoms with Crippen LogP contribution in [0.25, 0.3) is 0 Å². The number of piperidine rings is 1. The Hall–Kier alpha value is -2.33. The molecular weight excluding hydrogens is 312 g/mol. The molecule has 25 heavy (non-hydrogen) atoms. The number of rotatable bonds is 5. The molecule has 0 bridgehead atoms. The topological polar surface area (TPSA) is 52.6 Å². The second kappa shape index (κ2) is 7.28. The van der Waals surface area contributed by atoms with Gasteiger partial charge in [0, 0.05) is 25.3 Å². The third kappa shape index (κ3) is 4.02. The highest BCUT2D eigenvalue weighted by Crippen LogP contribution is 2.29. The smallest absolute Gasteiger partial charge is 0.329 e. The van der Waals surface area contributed by atoms with E-state index in [0.717, 1.165) is 25.3 Å². The van der Waals surface area contributed by atoms with Crippen LogP contribution >= 0.6 is 0 Å². The molecule has 1 fully saturated rings. The van der Waals surface area contributed by atoms with E-state index < -0.39 is 11.5 Å². The van der Waals surface area contributed by atoms with Gasteiger partial charge in [-0.25, -0.2) is 4.79 Å². The van der Waals surface area contributed by atoms with E-state index in [1.165, 1.54) is 16.7 Å². The Morgan fingerprint density at radius 3 is 2.36 bits per heavy atom. The fourth-order valence-corrected chi connectivity index (χ4v) is 3.42. The van der Waals surface area contributed by atoms with Crippen LogP contribution in [0.3, 0.4) is 0 Å². The average molecular weight is 338 g/mol. The summed E-state index contributed by atoms with van der Waals surface area (Å²) in [4.78, 5) is 14.3. The number of likely N-dealkylation sites (tertiary alicyclic amines) is 1. The first-order valence-corrected chi connectivity index (χ1v) is 8.84. The second-order valence-corrected chi connectivity index (χ2v) is 7.07. The molecule has 132 valence electrons. The van der Waals surface area contributed by atoms with Crippen molar-refractivity contribution < 1.29 is 9.90 Å². The molecule has 0 saturated carbocycles. The van der Waals surface area contributed by atoms with Crippen LogP contribution in [-0.4, -0.2) is 34.6 Å². The molecule has 4 heteroatoms. The van der Waals surface area contributed by atoms with E-state index in [-0.39, 0.29) is 0 Å². The third-order valence-electron chi connectivity index (χ3n) is 5.26. The fraction of sp³-hybridized carbons (Fsp3) is 0.381. The molecule has 3 rings (SSSR count). The van der Waals surface area contributed by atoms with Gasteiger partial charge < -0.3 is 10.4 Å². The van der Waals surface area contributed by atoms with Crippen LogP contribution in [0.5, 0.6) is 0 Å². The molecule has 0 atom stereocenters. The number of anilines is 1. The number of benzene rings is 2. The Bertz CT molecular complexity index is 735. The van der Waals surface area contributed by atoms with E-state index in [4.69, 9.17) is 0 Å². The first kappa shape index (κ1) is 17.5. The maximum absolute atomic E-state index is 12.0. The van der Waals surface area contributed by atoms with Crippen molar-refractivity contribution in [1.82, 2.24) is 4.90 Å². The highest BCUT2D eigenvalue weighted by Gasteiger charge is 2.41. The van der Waals surface area contributed by atoms with Crippen LogP contribution in [0.1, 0.15) is 29.5 Å². The molecule has 0 spiro atoms. The van der Waals surface area contributed by atoms with Crippen LogP contribution in [0.4, 0.5) is 5.69 Å². The number of carbonyl (C=O) groups is 1. The monoisotopic (exact) mass is 338 g/mol. The molecule has 0 aromatic heterocycles. The lowest BCUT2D eigenvalue weighted by molar-refractivity contribution is -0.144. The van der Waals surface area contributed by atoms with Gasteiger partial charge in [0.15, 0.2) is 0 Å². The SMILES string of the molecule is Cc1ccc(NC2(C(=O)O)CCN(Cc3ccccc3)CC2)cc1C. The fourth-order valence-electron chi connectivity index (χ4n) is 3.42. The van der Waals surface area contributed by atoms with Crippen molar-refractivity contribution >= 4 is 11.7 Å². The maximum Gasteiger partial charge on any atom is 0.329 e. The van der Waals surface area contributed by atoms with Gasteiger partial charge in [-0.05, 0) is 55.5 Å². The molecule has 4 nitrogen and oxygen atoms in total. The summed E-state index contributed by atoms with van der Waals surface area (Å²) >= 11 is 0. The summed E-state index contributed by atoms with van der Waals surface area (Å²) in [6, 6.07) is 16.4. The van der Waals surface area contributed by atoms with E-state index in [9.17, 15) is 9.90 Å². The van der Waals surface area contributed by atoms with Crippen molar-refractivity contribution in [3.05, 3.63) is 65.2 Å². The van der Waals surface area contributed by atoms with E-state index in [2.05, 4.69) is 36.2 Å². The minimum absolute atomic E-state index is 0.599. The number of hydrogen-bond donors (Lipinski definition) is 2. The van der Waals surface area contributed by atoms with Crippen molar-refractivity contribution in [2.75, 3.05) is 18.4 Å². The molecule has 1 saturated heterocycles. The molecule has 0 aliphatic carbocycles. The van der Waals surface area contributed by atoms with Crippen LogP contribution in [0.2, 0.25) is 0 Å². The van der Waals surface area contributed by atoms with Crippen LogP contribution < -0.4 is 5.32 Å². The predicted molar refractivity (Wildman–Crippen MR) is 101 cm³/mol. The second-order valence-electron chi connectivity index (χ2n) is 7.07. The Balaban J connectivity index is 1.68. The molecule has 1 aliphatic heterocycles. The normalized spacial score (nSPS) is 17.2. The van der Waals surface area contributed by atoms with E-state index in [1.54, 1.807) is 0 Å². The van der Waals surface area contributed by atoms with Gasteiger partial charge in [0.2, 0.25) is 0 Å². The largest absolute Gasteiger partial charge is 0.480 e. The first-order chi connectivity index (χ1) is 12.0. The number of carboxylic acids is 1. The van der Waals surface area contributed by atoms with Gasteiger partial charge in [-0.3, -0.25) is 4.90 Å². The first-order valence-electron chi connectivity index (χ1n) is 8.84. The maximum atomic E-state index is 12.0. The minimum atomic E-state index is -0.880. The van der Waals surface area contributed by atoms with E-state index in [1.807, 2.05) is 36.4 Å². The van der Waals surface area contributed by atoms with Crippen LogP contribution in [-0.2, 0) is 11.3 Å². The summed E-state index contributed by atoms with van der Waals surface area (Å²) in [6.07, 6.45) is 1.20. The Morgan fingerprint density at radius 1 is 1.08 bits per heavy atom. The van der Waals surface area contributed by atoms with Crippen molar-refractivity contribution in [1.29, 1.82) is 0 Å². The number of nitrogens with zero attached hydrogens (tertiary/aromatic N) is 1. The molecule has 0 radical (unpaired) electrons. The summed E-state index contributed by atoms with van der Waals surface area (Å²) < 4.78 is 0. The quantitative estimate of drug-likeness (QED) is 0.870. The molecule has 2 aromatic carbocycles. The van der Waals surface area contributed by atoms with Gasteiger partial charge in [-0.2, -0.15) is 0 Å². The Morgan fingerprint density at radius 2 is 1.76 bits per heavy atom. The van der Waals surface area contributed by atoms with Crippen LogP contribution in [0.15, 0.2) is 48.5 Å². The zero-order valence-electron chi connectivity index (χ0n) is 15.0. The van der Waals surface area contributed by atoms with E-state index in [0.29, 0.717) is 12.8 Å². The van der Waals surface area contributed by atoms with Gasteiger partial charge in [0.1, 0.15) is 5.54 Å². The third-order valence-corrected chi connectivity index (χ3v) is 5.26. The van der Waals surface area contributed by atoms with Gasteiger partial charge in [-0.15, -0.1) is 0 Å². The zero-order valence-corrected chi connectivity index (χ0v) is 15.0. The number of nitrogens with one attached hydrogen (secondary N) is 1. The van der Waals surface area contributed by atoms with Gasteiger partial charge in [-0.1, -0.05) is 36.4 Å². The molecule has 2 N–H and O–H groups in total. The molecular formula is C21H26N2O2. The summed E-state index contributed by atoms with van der Waals surface area (Å²) in [5.41, 5.74) is 3.67. The molecule has 2 aromatic rings. The lowest BCUT2D eigenvalue weighted by Crippen LogP contribution is -2.54. The molecule has 1 aliphatic rings. The summed E-state index contributed by atoms with van der Waals surface area (Å²) in [7, 11) is 0. The van der Waals surface area contributed by atoms with Crippen molar-refractivity contribution in [2.24, 2.45) is 0 Å². The van der Waals surface area contributed by atoms with E-state index >= 15 is 0 Å². The lowest BCUT2D eigenvalue weighted by atomic mass is 9.86. The summed E-state index contributed by atoms with van der Waals surface area (Å²) in [6.45, 7) is 6.54. The van der Waals surface area contributed by atoms with Crippen LogP contribution in [0, 0.1) is 13.8 Å². The van der Waals surface area contributed by atoms with Crippen molar-refractivity contribution in [3.63, 3.8) is 0 Å². The van der Waals surface area contributed by atoms with Crippen molar-refractivity contribution in [3.8, 4) is 0 Å². The van der Waals surface area contributed by atoms with Gasteiger partial charge >= 0.3 is 5.97 Å².